The maximum Gasteiger partial charge on any atom is 0.317 e. The molecule has 96 valence electrons. The van der Waals surface area contributed by atoms with E-state index in [-0.39, 0.29) is 11.1 Å². The van der Waals surface area contributed by atoms with Gasteiger partial charge in [0.15, 0.2) is 0 Å². The van der Waals surface area contributed by atoms with Crippen LogP contribution >= 0.6 is 23.5 Å². The Bertz CT molecular complexity index is 455. The summed E-state index contributed by atoms with van der Waals surface area (Å²) in [5.41, 5.74) is 0.958. The van der Waals surface area contributed by atoms with E-state index in [2.05, 4.69) is 5.32 Å². The fraction of sp³-hybridized carbons (Fsp3) is 0.273. The van der Waals surface area contributed by atoms with Crippen LogP contribution in [0.4, 0.5) is 5.69 Å². The SMILES string of the molecule is O=C(O)CC(SC1Nc2ccccc2S1)C(=O)O. The zero-order valence-corrected chi connectivity index (χ0v) is 10.8. The number of fused-ring (bicyclic) bond motifs is 1. The van der Waals surface area contributed by atoms with Crippen molar-refractivity contribution in [1.82, 2.24) is 0 Å². The van der Waals surface area contributed by atoms with E-state index in [1.165, 1.54) is 11.8 Å². The summed E-state index contributed by atoms with van der Waals surface area (Å²) in [7, 11) is 0. The van der Waals surface area contributed by atoms with Gasteiger partial charge in [-0.15, -0.1) is 11.8 Å². The summed E-state index contributed by atoms with van der Waals surface area (Å²) < 4.78 is -0.164. The summed E-state index contributed by atoms with van der Waals surface area (Å²) in [6.45, 7) is 0. The third kappa shape index (κ3) is 3.11. The molecule has 0 spiro atoms. The van der Waals surface area contributed by atoms with Gasteiger partial charge in [-0.25, -0.2) is 0 Å². The second-order valence-corrected chi connectivity index (χ2v) is 6.41. The van der Waals surface area contributed by atoms with Gasteiger partial charge in [0.1, 0.15) is 9.96 Å². The molecule has 1 aromatic carbocycles. The molecule has 2 rings (SSSR count). The van der Waals surface area contributed by atoms with Crippen LogP contribution in [0.25, 0.3) is 0 Å². The number of rotatable bonds is 5. The van der Waals surface area contributed by atoms with Gasteiger partial charge < -0.3 is 15.5 Å². The van der Waals surface area contributed by atoms with Crippen molar-refractivity contribution in [3.8, 4) is 0 Å². The van der Waals surface area contributed by atoms with Crippen LogP contribution in [0.1, 0.15) is 6.42 Å². The normalized spacial score (nSPS) is 18.8. The van der Waals surface area contributed by atoms with Crippen molar-refractivity contribution in [3.63, 3.8) is 0 Å². The predicted octanol–water partition coefficient (Wildman–Crippen LogP) is 2.15. The molecule has 0 amide bonds. The molecular weight excluding hydrogens is 274 g/mol. The summed E-state index contributed by atoms with van der Waals surface area (Å²) >= 11 is 2.62. The zero-order chi connectivity index (χ0) is 13.1. The second kappa shape index (κ2) is 5.53. The van der Waals surface area contributed by atoms with Gasteiger partial charge in [0, 0.05) is 10.6 Å². The van der Waals surface area contributed by atoms with Crippen LogP contribution in [0.3, 0.4) is 0 Å². The average Bonchev–Trinajstić information content (AvgIpc) is 2.69. The molecular formula is C11H11NO4S2. The second-order valence-electron chi connectivity index (χ2n) is 3.65. The van der Waals surface area contributed by atoms with E-state index in [4.69, 9.17) is 10.2 Å². The minimum Gasteiger partial charge on any atom is -0.481 e. The van der Waals surface area contributed by atoms with Crippen LogP contribution in [0.5, 0.6) is 0 Å². The highest BCUT2D eigenvalue weighted by Crippen LogP contribution is 2.44. The number of para-hydroxylation sites is 1. The zero-order valence-electron chi connectivity index (χ0n) is 9.20. The van der Waals surface area contributed by atoms with Gasteiger partial charge in [0.2, 0.25) is 0 Å². The van der Waals surface area contributed by atoms with Crippen molar-refractivity contribution in [2.45, 2.75) is 21.3 Å². The van der Waals surface area contributed by atoms with Gasteiger partial charge in [-0.05, 0) is 12.1 Å². The van der Waals surface area contributed by atoms with E-state index in [1.54, 1.807) is 0 Å². The predicted molar refractivity (Wildman–Crippen MR) is 71.0 cm³/mol. The number of benzene rings is 1. The molecule has 1 aliphatic rings. The first-order valence-electron chi connectivity index (χ1n) is 5.18. The summed E-state index contributed by atoms with van der Waals surface area (Å²) in [6.07, 6.45) is -0.380. The molecule has 5 nitrogen and oxygen atoms in total. The first kappa shape index (κ1) is 13.1. The lowest BCUT2D eigenvalue weighted by Gasteiger charge is -2.15. The molecule has 2 atom stereocenters. The lowest BCUT2D eigenvalue weighted by molar-refractivity contribution is -0.142. The smallest absolute Gasteiger partial charge is 0.317 e. The first-order valence-corrected chi connectivity index (χ1v) is 7.01. The van der Waals surface area contributed by atoms with E-state index >= 15 is 0 Å². The molecule has 0 aromatic heterocycles. The van der Waals surface area contributed by atoms with Gasteiger partial charge in [-0.3, -0.25) is 9.59 Å². The molecule has 1 heterocycles. The Morgan fingerprint density at radius 1 is 1.39 bits per heavy atom. The molecule has 0 saturated carbocycles. The fourth-order valence-corrected chi connectivity index (χ4v) is 4.14. The lowest BCUT2D eigenvalue weighted by atomic mass is 10.3. The molecule has 1 aliphatic heterocycles. The summed E-state index contributed by atoms with van der Waals surface area (Å²) in [6, 6.07) is 7.66. The van der Waals surface area contributed by atoms with Crippen molar-refractivity contribution in [2.75, 3.05) is 5.32 Å². The Morgan fingerprint density at radius 3 is 2.72 bits per heavy atom. The van der Waals surface area contributed by atoms with Crippen molar-refractivity contribution < 1.29 is 19.8 Å². The van der Waals surface area contributed by atoms with E-state index in [0.29, 0.717) is 0 Å². The Morgan fingerprint density at radius 2 is 2.11 bits per heavy atom. The number of nitrogens with one attached hydrogen (secondary N) is 1. The standard InChI is InChI=1S/C11H11NO4S2/c13-9(14)5-8(10(15)16)18-11-12-6-3-1-2-4-7(6)17-11/h1-4,8,11-12H,5H2,(H,13,14)(H,15,16). The minimum atomic E-state index is -1.10. The van der Waals surface area contributed by atoms with E-state index < -0.39 is 17.2 Å². The third-order valence-electron chi connectivity index (χ3n) is 2.32. The monoisotopic (exact) mass is 285 g/mol. The molecule has 1 aromatic rings. The summed E-state index contributed by atoms with van der Waals surface area (Å²) in [5, 5.41) is 19.9. The molecule has 0 saturated heterocycles. The number of hydrogen-bond acceptors (Lipinski definition) is 5. The molecule has 3 N–H and O–H groups in total. The number of anilines is 1. The van der Waals surface area contributed by atoms with Gasteiger partial charge in [0.05, 0.1) is 6.42 Å². The minimum absolute atomic E-state index is 0.164. The number of thioether (sulfide) groups is 2. The Kier molecular flexibility index (Phi) is 4.03. The Labute approximate surface area is 112 Å². The Balaban J connectivity index is 1.99. The molecule has 0 radical (unpaired) electrons. The van der Waals surface area contributed by atoms with Crippen LogP contribution in [-0.2, 0) is 9.59 Å². The van der Waals surface area contributed by atoms with Crippen LogP contribution in [0, 0.1) is 0 Å². The average molecular weight is 285 g/mol. The number of carboxylic acids is 2. The molecule has 18 heavy (non-hydrogen) atoms. The maximum absolute atomic E-state index is 11.0. The number of aliphatic carboxylic acids is 2. The van der Waals surface area contributed by atoms with Crippen molar-refractivity contribution in [3.05, 3.63) is 24.3 Å². The quantitative estimate of drug-likeness (QED) is 0.764. The largest absolute Gasteiger partial charge is 0.481 e. The highest BCUT2D eigenvalue weighted by molar-refractivity contribution is 8.18. The van der Waals surface area contributed by atoms with Crippen molar-refractivity contribution >= 4 is 41.1 Å². The molecule has 2 unspecified atom stereocenters. The van der Waals surface area contributed by atoms with Crippen molar-refractivity contribution in [2.24, 2.45) is 0 Å². The van der Waals surface area contributed by atoms with Crippen LogP contribution in [-0.4, -0.2) is 32.1 Å². The Hall–Kier alpha value is -1.34. The maximum atomic E-state index is 11.0. The van der Waals surface area contributed by atoms with E-state index in [1.807, 2.05) is 24.3 Å². The van der Waals surface area contributed by atoms with Gasteiger partial charge in [-0.2, -0.15) is 0 Å². The fourth-order valence-electron chi connectivity index (χ4n) is 1.52. The van der Waals surface area contributed by atoms with Gasteiger partial charge in [-0.1, -0.05) is 23.9 Å². The van der Waals surface area contributed by atoms with E-state index in [9.17, 15) is 9.59 Å². The highest BCUT2D eigenvalue weighted by Gasteiger charge is 2.29. The first-order chi connectivity index (χ1) is 8.56. The van der Waals surface area contributed by atoms with Crippen molar-refractivity contribution in [1.29, 1.82) is 0 Å². The number of hydrogen-bond donors (Lipinski definition) is 3. The lowest BCUT2D eigenvalue weighted by Crippen LogP contribution is -2.24. The topological polar surface area (TPSA) is 86.6 Å². The number of carboxylic acid groups (broad SMARTS) is 2. The van der Waals surface area contributed by atoms with E-state index in [0.717, 1.165) is 22.3 Å². The third-order valence-corrected chi connectivity index (χ3v) is 4.94. The van der Waals surface area contributed by atoms with Crippen LogP contribution < -0.4 is 5.32 Å². The van der Waals surface area contributed by atoms with Gasteiger partial charge in [0.25, 0.3) is 0 Å². The van der Waals surface area contributed by atoms with Crippen LogP contribution in [0.15, 0.2) is 29.2 Å². The summed E-state index contributed by atoms with van der Waals surface area (Å²) in [4.78, 5) is 22.6. The molecule has 0 aliphatic carbocycles. The number of carbonyl (C=O) groups is 2. The highest BCUT2D eigenvalue weighted by atomic mass is 32.2. The molecule has 0 fully saturated rings. The molecule has 7 heteroatoms. The summed E-state index contributed by atoms with van der Waals surface area (Å²) in [5.74, 6) is -2.20. The van der Waals surface area contributed by atoms with Crippen LogP contribution in [0.2, 0.25) is 0 Å². The molecule has 0 bridgehead atoms. The van der Waals surface area contributed by atoms with Gasteiger partial charge >= 0.3 is 11.9 Å².